The molecule has 0 saturated carbocycles. The van der Waals surface area contributed by atoms with E-state index < -0.39 is 0 Å². The van der Waals surface area contributed by atoms with Crippen LogP contribution >= 0.6 is 11.3 Å². The predicted molar refractivity (Wildman–Crippen MR) is 70.1 cm³/mol. The van der Waals surface area contributed by atoms with Crippen molar-refractivity contribution >= 4 is 27.4 Å². The van der Waals surface area contributed by atoms with E-state index in [9.17, 15) is 4.79 Å². The summed E-state index contributed by atoms with van der Waals surface area (Å²) >= 11 is 1.71. The van der Waals surface area contributed by atoms with Crippen LogP contribution in [0, 0.1) is 0 Å². The molecule has 3 nitrogen and oxygen atoms in total. The molecule has 2 aromatic rings. The first-order valence-corrected chi connectivity index (χ1v) is 6.36. The molecule has 1 heterocycles. The van der Waals surface area contributed by atoms with Crippen LogP contribution in [0.25, 0.3) is 10.1 Å². The molecule has 0 aliphatic rings. The van der Waals surface area contributed by atoms with Crippen LogP contribution < -0.4 is 5.73 Å². The van der Waals surface area contributed by atoms with Crippen LogP contribution in [0.15, 0.2) is 29.6 Å². The molecule has 2 N–H and O–H groups in total. The number of fused-ring (bicyclic) bond motifs is 1. The van der Waals surface area contributed by atoms with Gasteiger partial charge >= 0.3 is 5.97 Å². The maximum atomic E-state index is 11.1. The number of hydrogen-bond acceptors (Lipinski definition) is 4. The van der Waals surface area contributed by atoms with Crippen molar-refractivity contribution < 1.29 is 9.53 Å². The number of methoxy groups -OCH3 is 1. The quantitative estimate of drug-likeness (QED) is 0.846. The molecule has 0 aliphatic carbocycles. The molecule has 1 atom stereocenters. The van der Waals surface area contributed by atoms with Gasteiger partial charge in [0.1, 0.15) is 0 Å². The van der Waals surface area contributed by atoms with Crippen LogP contribution in [0.3, 0.4) is 0 Å². The summed E-state index contributed by atoms with van der Waals surface area (Å²) in [5, 5.41) is 3.35. The van der Waals surface area contributed by atoms with E-state index in [1.165, 1.54) is 22.8 Å². The fraction of sp³-hybridized carbons (Fsp3) is 0.308. The Bertz CT molecular complexity index is 521. The van der Waals surface area contributed by atoms with Crippen molar-refractivity contribution in [3.63, 3.8) is 0 Å². The van der Waals surface area contributed by atoms with Crippen LogP contribution in [-0.2, 0) is 16.0 Å². The summed E-state index contributed by atoms with van der Waals surface area (Å²) in [6.07, 6.45) is 0.972. The zero-order chi connectivity index (χ0) is 12.3. The van der Waals surface area contributed by atoms with Gasteiger partial charge in [0.15, 0.2) is 0 Å². The number of nitrogens with two attached hydrogens (primary N) is 1. The topological polar surface area (TPSA) is 52.3 Å². The highest BCUT2D eigenvalue weighted by Crippen LogP contribution is 2.26. The number of benzene rings is 1. The van der Waals surface area contributed by atoms with Crippen molar-refractivity contribution in [3.8, 4) is 0 Å². The Hall–Kier alpha value is -1.39. The molecule has 4 heteroatoms. The van der Waals surface area contributed by atoms with Gasteiger partial charge in [-0.1, -0.05) is 18.2 Å². The van der Waals surface area contributed by atoms with Gasteiger partial charge in [-0.2, -0.15) is 0 Å². The molecule has 0 aliphatic heterocycles. The van der Waals surface area contributed by atoms with Gasteiger partial charge in [0.05, 0.1) is 13.5 Å². The number of hydrogen-bond donors (Lipinski definition) is 1. The van der Waals surface area contributed by atoms with Gasteiger partial charge in [-0.25, -0.2) is 0 Å². The molecule has 0 radical (unpaired) electrons. The second kappa shape index (κ2) is 5.29. The van der Waals surface area contributed by atoms with Gasteiger partial charge < -0.3 is 10.5 Å². The molecule has 17 heavy (non-hydrogen) atoms. The van der Waals surface area contributed by atoms with E-state index in [0.29, 0.717) is 6.42 Å². The van der Waals surface area contributed by atoms with Crippen LogP contribution in [0.5, 0.6) is 0 Å². The summed E-state index contributed by atoms with van der Waals surface area (Å²) < 4.78 is 5.87. The molecule has 1 aromatic carbocycles. The van der Waals surface area contributed by atoms with E-state index in [1.807, 2.05) is 12.1 Å². The smallest absolute Gasteiger partial charge is 0.307 e. The standard InChI is InChI=1S/C13H15NO2S/c1-16-13(15)7-10(14)6-9-8-17-12-5-3-2-4-11(9)12/h2-5,8,10H,6-7,14H2,1H3. The van der Waals surface area contributed by atoms with Gasteiger partial charge in [-0.3, -0.25) is 4.79 Å². The fourth-order valence-electron chi connectivity index (χ4n) is 1.84. The van der Waals surface area contributed by atoms with Gasteiger partial charge in [0, 0.05) is 10.7 Å². The Morgan fingerprint density at radius 3 is 3.00 bits per heavy atom. The van der Waals surface area contributed by atoms with Gasteiger partial charge in [-0.05, 0) is 28.8 Å². The van der Waals surface area contributed by atoms with Crippen molar-refractivity contribution in [2.24, 2.45) is 5.73 Å². The zero-order valence-corrected chi connectivity index (χ0v) is 10.5. The molecular weight excluding hydrogens is 234 g/mol. The third kappa shape index (κ3) is 2.84. The predicted octanol–water partition coefficient (Wildman–Crippen LogP) is 2.33. The molecule has 0 fully saturated rings. The fourth-order valence-corrected chi connectivity index (χ4v) is 2.82. The zero-order valence-electron chi connectivity index (χ0n) is 9.68. The third-order valence-corrected chi connectivity index (χ3v) is 3.71. The lowest BCUT2D eigenvalue weighted by atomic mass is 10.0. The molecule has 0 saturated heterocycles. The van der Waals surface area contributed by atoms with Crippen molar-refractivity contribution in [2.45, 2.75) is 18.9 Å². The summed E-state index contributed by atoms with van der Waals surface area (Å²) in [5.74, 6) is -0.253. The van der Waals surface area contributed by atoms with Crippen molar-refractivity contribution in [3.05, 3.63) is 35.2 Å². The maximum absolute atomic E-state index is 11.1. The Morgan fingerprint density at radius 2 is 2.24 bits per heavy atom. The Kier molecular flexibility index (Phi) is 3.76. The summed E-state index contributed by atoms with van der Waals surface area (Å²) in [6.45, 7) is 0. The minimum absolute atomic E-state index is 0.180. The van der Waals surface area contributed by atoms with Gasteiger partial charge in [0.2, 0.25) is 0 Å². The van der Waals surface area contributed by atoms with E-state index in [2.05, 4.69) is 22.2 Å². The highest BCUT2D eigenvalue weighted by atomic mass is 32.1. The molecule has 1 aromatic heterocycles. The minimum atomic E-state index is -0.253. The minimum Gasteiger partial charge on any atom is -0.469 e. The third-order valence-electron chi connectivity index (χ3n) is 2.70. The molecule has 2 rings (SSSR count). The number of carbonyl (C=O) groups excluding carboxylic acids is 1. The lowest BCUT2D eigenvalue weighted by molar-refractivity contribution is -0.140. The van der Waals surface area contributed by atoms with Crippen LogP contribution in [0.2, 0.25) is 0 Å². The van der Waals surface area contributed by atoms with Crippen molar-refractivity contribution in [1.29, 1.82) is 0 Å². The number of esters is 1. The monoisotopic (exact) mass is 249 g/mol. The summed E-state index contributed by atoms with van der Waals surface area (Å²) in [5.41, 5.74) is 7.15. The lowest BCUT2D eigenvalue weighted by Crippen LogP contribution is -2.26. The molecular formula is C13H15NO2S. The van der Waals surface area contributed by atoms with Crippen LogP contribution in [-0.4, -0.2) is 19.1 Å². The van der Waals surface area contributed by atoms with E-state index >= 15 is 0 Å². The first-order chi connectivity index (χ1) is 8.20. The normalized spacial score (nSPS) is 12.6. The Morgan fingerprint density at radius 1 is 1.47 bits per heavy atom. The average molecular weight is 249 g/mol. The molecule has 0 amide bonds. The second-order valence-electron chi connectivity index (χ2n) is 4.00. The molecule has 0 bridgehead atoms. The molecule has 90 valence electrons. The van der Waals surface area contributed by atoms with E-state index in [0.717, 1.165) is 0 Å². The van der Waals surface area contributed by atoms with Crippen LogP contribution in [0.1, 0.15) is 12.0 Å². The van der Waals surface area contributed by atoms with E-state index in [4.69, 9.17) is 5.73 Å². The summed E-state index contributed by atoms with van der Waals surface area (Å²) in [4.78, 5) is 11.1. The van der Waals surface area contributed by atoms with Crippen molar-refractivity contribution in [2.75, 3.05) is 7.11 Å². The largest absolute Gasteiger partial charge is 0.469 e. The average Bonchev–Trinajstić information content (AvgIpc) is 2.72. The number of rotatable bonds is 4. The first kappa shape index (κ1) is 12.1. The molecule has 1 unspecified atom stereocenters. The lowest BCUT2D eigenvalue weighted by Gasteiger charge is -2.09. The first-order valence-electron chi connectivity index (χ1n) is 5.48. The molecule has 0 spiro atoms. The summed E-state index contributed by atoms with van der Waals surface area (Å²) in [7, 11) is 1.38. The second-order valence-corrected chi connectivity index (χ2v) is 4.91. The van der Waals surface area contributed by atoms with E-state index in [1.54, 1.807) is 11.3 Å². The maximum Gasteiger partial charge on any atom is 0.307 e. The van der Waals surface area contributed by atoms with Gasteiger partial charge in [-0.15, -0.1) is 11.3 Å². The van der Waals surface area contributed by atoms with E-state index in [-0.39, 0.29) is 18.4 Å². The summed E-state index contributed by atoms with van der Waals surface area (Å²) in [6, 6.07) is 8.04. The number of carbonyl (C=O) groups is 1. The highest BCUT2D eigenvalue weighted by Gasteiger charge is 2.12. The van der Waals surface area contributed by atoms with Crippen LogP contribution in [0.4, 0.5) is 0 Å². The Balaban J connectivity index is 2.10. The Labute approximate surface area is 104 Å². The highest BCUT2D eigenvalue weighted by molar-refractivity contribution is 7.17. The SMILES string of the molecule is COC(=O)CC(N)Cc1csc2ccccc12. The number of thiophene rings is 1. The van der Waals surface area contributed by atoms with Crippen molar-refractivity contribution in [1.82, 2.24) is 0 Å². The number of ether oxygens (including phenoxy) is 1. The van der Waals surface area contributed by atoms with Gasteiger partial charge in [0.25, 0.3) is 0 Å².